The predicted octanol–water partition coefficient (Wildman–Crippen LogP) is 1.28. The summed E-state index contributed by atoms with van der Waals surface area (Å²) < 4.78 is 27.2. The van der Waals surface area contributed by atoms with Crippen molar-refractivity contribution < 1.29 is 18.3 Å². The smallest absolute Gasteiger partial charge is 0.387 e. The minimum atomic E-state index is -2.91. The molecule has 0 atom stereocenters. The second-order valence-electron chi connectivity index (χ2n) is 2.18. The number of alkyl halides is 2. The molecule has 6 heteroatoms. The van der Waals surface area contributed by atoms with Crippen LogP contribution >= 0.6 is 0 Å². The van der Waals surface area contributed by atoms with E-state index in [1.807, 2.05) is 0 Å². The fraction of sp³-hybridized carbons (Fsp3) is 0.286. The summed E-state index contributed by atoms with van der Waals surface area (Å²) >= 11 is 0. The van der Waals surface area contributed by atoms with Gasteiger partial charge in [-0.1, -0.05) is 0 Å². The number of Topliss-reactive ketones (excluding diaryl/α,β-unsaturated/α-hetero) is 1. The second kappa shape index (κ2) is 3.88. The Bertz CT molecular complexity index is 300. The van der Waals surface area contributed by atoms with Crippen LogP contribution in [0.25, 0.3) is 0 Å². The van der Waals surface area contributed by atoms with Crippen LogP contribution in [0, 0.1) is 0 Å². The Morgan fingerprint density at radius 2 is 2.00 bits per heavy atom. The highest BCUT2D eigenvalue weighted by atomic mass is 19.3. The van der Waals surface area contributed by atoms with Crippen molar-refractivity contribution in [1.29, 1.82) is 0 Å². The molecule has 0 aliphatic carbocycles. The van der Waals surface area contributed by atoms with Crippen molar-refractivity contribution in [2.75, 3.05) is 0 Å². The van der Waals surface area contributed by atoms with Gasteiger partial charge in [0.05, 0.1) is 12.4 Å². The van der Waals surface area contributed by atoms with Gasteiger partial charge in [-0.05, 0) is 0 Å². The number of halogens is 2. The highest BCUT2D eigenvalue weighted by Gasteiger charge is 2.06. The van der Waals surface area contributed by atoms with E-state index in [1.165, 1.54) is 6.92 Å². The zero-order valence-electron chi connectivity index (χ0n) is 6.70. The molecule has 0 saturated carbocycles. The van der Waals surface area contributed by atoms with Gasteiger partial charge in [-0.15, -0.1) is 0 Å². The number of ether oxygens (including phenoxy) is 1. The Labute approximate surface area is 72.6 Å². The molecule has 1 rings (SSSR count). The predicted molar refractivity (Wildman–Crippen MR) is 38.7 cm³/mol. The minimum Gasteiger partial charge on any atom is -0.432 e. The lowest BCUT2D eigenvalue weighted by molar-refractivity contribution is -0.0503. The van der Waals surface area contributed by atoms with Crippen LogP contribution in [0.15, 0.2) is 12.4 Å². The fourth-order valence-corrected chi connectivity index (χ4v) is 0.662. The molecule has 0 N–H and O–H groups in total. The van der Waals surface area contributed by atoms with Crippen molar-refractivity contribution in [2.24, 2.45) is 0 Å². The Morgan fingerprint density at radius 1 is 1.46 bits per heavy atom. The van der Waals surface area contributed by atoms with Crippen LogP contribution in [0.2, 0.25) is 0 Å². The van der Waals surface area contributed by atoms with Crippen molar-refractivity contribution >= 4 is 5.78 Å². The van der Waals surface area contributed by atoms with Crippen molar-refractivity contribution in [2.45, 2.75) is 13.5 Å². The van der Waals surface area contributed by atoms with Gasteiger partial charge in [0.1, 0.15) is 0 Å². The largest absolute Gasteiger partial charge is 0.432 e. The highest BCUT2D eigenvalue weighted by Crippen LogP contribution is 2.09. The maximum absolute atomic E-state index is 11.6. The maximum Gasteiger partial charge on any atom is 0.387 e. The molecule has 0 bridgehead atoms. The Morgan fingerprint density at radius 3 is 2.38 bits per heavy atom. The Balaban J connectivity index is 2.75. The van der Waals surface area contributed by atoms with E-state index >= 15 is 0 Å². The molecule has 0 amide bonds. The summed E-state index contributed by atoms with van der Waals surface area (Å²) in [6, 6.07) is 0. The molecule has 1 aromatic heterocycles. The molecule has 70 valence electrons. The molecular weight excluding hydrogens is 182 g/mol. The van der Waals surface area contributed by atoms with E-state index in [-0.39, 0.29) is 17.4 Å². The number of rotatable bonds is 3. The summed E-state index contributed by atoms with van der Waals surface area (Å²) in [4.78, 5) is 17.7. The number of carbonyl (C=O) groups is 1. The molecule has 0 aliphatic rings. The summed E-state index contributed by atoms with van der Waals surface area (Å²) in [7, 11) is 0. The standard InChI is InChI=1S/C7H6F2N2O2/c1-4(12)6-10-2-5(3-11-6)13-7(8)9/h2-3,7H,1H3. The molecule has 13 heavy (non-hydrogen) atoms. The van der Waals surface area contributed by atoms with Crippen LogP contribution in [-0.2, 0) is 0 Å². The topological polar surface area (TPSA) is 52.1 Å². The van der Waals surface area contributed by atoms with E-state index in [0.717, 1.165) is 12.4 Å². The third-order valence-corrected chi connectivity index (χ3v) is 1.17. The first-order valence-electron chi connectivity index (χ1n) is 3.37. The van der Waals surface area contributed by atoms with Gasteiger partial charge in [-0.25, -0.2) is 9.97 Å². The van der Waals surface area contributed by atoms with Gasteiger partial charge in [-0.2, -0.15) is 8.78 Å². The van der Waals surface area contributed by atoms with Crippen LogP contribution < -0.4 is 4.74 Å². The average Bonchev–Trinajstić information content (AvgIpc) is 2.04. The van der Waals surface area contributed by atoms with Crippen molar-refractivity contribution in [3.63, 3.8) is 0 Å². The van der Waals surface area contributed by atoms with Gasteiger partial charge in [0.15, 0.2) is 17.4 Å². The summed E-state index contributed by atoms with van der Waals surface area (Å²) in [5.41, 5.74) is 0. The van der Waals surface area contributed by atoms with Gasteiger partial charge in [0.25, 0.3) is 0 Å². The molecule has 0 spiro atoms. The normalized spacial score (nSPS) is 10.2. The first kappa shape index (κ1) is 9.50. The van der Waals surface area contributed by atoms with Gasteiger partial charge in [-0.3, -0.25) is 4.79 Å². The molecular formula is C7H6F2N2O2. The molecule has 4 nitrogen and oxygen atoms in total. The quantitative estimate of drug-likeness (QED) is 0.670. The lowest BCUT2D eigenvalue weighted by Gasteiger charge is -2.02. The molecule has 0 aliphatic heterocycles. The molecule has 1 heterocycles. The monoisotopic (exact) mass is 188 g/mol. The number of hydrogen-bond acceptors (Lipinski definition) is 4. The van der Waals surface area contributed by atoms with E-state index in [1.54, 1.807) is 0 Å². The Kier molecular flexibility index (Phi) is 2.84. The van der Waals surface area contributed by atoms with Crippen molar-refractivity contribution in [1.82, 2.24) is 9.97 Å². The summed E-state index contributed by atoms with van der Waals surface area (Å²) in [5.74, 6) is -0.523. The van der Waals surface area contributed by atoms with E-state index in [9.17, 15) is 13.6 Å². The SMILES string of the molecule is CC(=O)c1ncc(OC(F)F)cn1. The van der Waals surface area contributed by atoms with Gasteiger partial charge < -0.3 is 4.74 Å². The lowest BCUT2D eigenvalue weighted by Crippen LogP contribution is -2.05. The number of nitrogens with zero attached hydrogens (tertiary/aromatic N) is 2. The van der Waals surface area contributed by atoms with Gasteiger partial charge >= 0.3 is 6.61 Å². The highest BCUT2D eigenvalue weighted by molar-refractivity contribution is 5.90. The van der Waals surface area contributed by atoms with Gasteiger partial charge in [0, 0.05) is 6.92 Å². The summed E-state index contributed by atoms with van der Waals surface area (Å²) in [5, 5.41) is 0. The van der Waals surface area contributed by atoms with Crippen molar-refractivity contribution in [3.8, 4) is 5.75 Å². The molecule has 0 aromatic carbocycles. The molecule has 0 radical (unpaired) electrons. The van der Waals surface area contributed by atoms with Crippen LogP contribution in [0.1, 0.15) is 17.5 Å². The van der Waals surface area contributed by atoms with E-state index < -0.39 is 6.61 Å². The van der Waals surface area contributed by atoms with Crippen LogP contribution in [0.5, 0.6) is 5.75 Å². The number of carbonyl (C=O) groups excluding carboxylic acids is 1. The fourth-order valence-electron chi connectivity index (χ4n) is 0.662. The molecule has 0 unspecified atom stereocenters. The molecule has 1 aromatic rings. The summed E-state index contributed by atoms with van der Waals surface area (Å²) in [6.45, 7) is -1.63. The third kappa shape index (κ3) is 2.73. The van der Waals surface area contributed by atoms with Crippen LogP contribution in [-0.4, -0.2) is 22.4 Å². The van der Waals surface area contributed by atoms with E-state index in [2.05, 4.69) is 14.7 Å². The van der Waals surface area contributed by atoms with Gasteiger partial charge in [0.2, 0.25) is 0 Å². The average molecular weight is 188 g/mol. The number of ketones is 1. The second-order valence-corrected chi connectivity index (χ2v) is 2.18. The van der Waals surface area contributed by atoms with Crippen LogP contribution in [0.4, 0.5) is 8.78 Å². The van der Waals surface area contributed by atoms with E-state index in [0.29, 0.717) is 0 Å². The Hall–Kier alpha value is -1.59. The van der Waals surface area contributed by atoms with Crippen LogP contribution in [0.3, 0.4) is 0 Å². The van der Waals surface area contributed by atoms with Crippen molar-refractivity contribution in [3.05, 3.63) is 18.2 Å². The first-order valence-corrected chi connectivity index (χ1v) is 3.37. The number of hydrogen-bond donors (Lipinski definition) is 0. The molecule has 0 saturated heterocycles. The number of aromatic nitrogens is 2. The molecule has 0 fully saturated rings. The summed E-state index contributed by atoms with van der Waals surface area (Å²) in [6.07, 6.45) is 2.05. The van der Waals surface area contributed by atoms with E-state index in [4.69, 9.17) is 0 Å². The zero-order valence-corrected chi connectivity index (χ0v) is 6.70. The zero-order chi connectivity index (χ0) is 9.84. The third-order valence-electron chi connectivity index (χ3n) is 1.17. The first-order chi connectivity index (χ1) is 6.09. The minimum absolute atomic E-state index is 0.0263. The lowest BCUT2D eigenvalue weighted by atomic mass is 10.4. The maximum atomic E-state index is 11.6.